The predicted octanol–water partition coefficient (Wildman–Crippen LogP) is 2.21. The lowest BCUT2D eigenvalue weighted by atomic mass is 10.0. The Morgan fingerprint density at radius 3 is 2.23 bits per heavy atom. The highest BCUT2D eigenvalue weighted by molar-refractivity contribution is 6.16. The summed E-state index contributed by atoms with van der Waals surface area (Å²) in [5.74, 6) is -3.07. The summed E-state index contributed by atoms with van der Waals surface area (Å²) in [6.45, 7) is 0. The molecule has 0 unspecified atom stereocenters. The lowest BCUT2D eigenvalue weighted by molar-refractivity contribution is 0.0583. The van der Waals surface area contributed by atoms with E-state index in [0.717, 1.165) is 26.4 Å². The number of hydrogen-bond donors (Lipinski definition) is 1. The molecule has 0 saturated heterocycles. The number of esters is 3. The number of ether oxygens (including phenoxy) is 3. The van der Waals surface area contributed by atoms with Crippen LogP contribution in [0.15, 0.2) is 18.2 Å². The number of carbonyl (C=O) groups excluding carboxylic acids is 3. The number of pyridine rings is 1. The molecule has 0 aliphatic carbocycles. The summed E-state index contributed by atoms with van der Waals surface area (Å²) in [6.07, 6.45) is 0. The number of hydrogen-bond acceptors (Lipinski definition) is 7. The van der Waals surface area contributed by atoms with Gasteiger partial charge in [-0.25, -0.2) is 23.8 Å². The summed E-state index contributed by atoms with van der Waals surface area (Å²) < 4.78 is 28.6. The van der Waals surface area contributed by atoms with Crippen molar-refractivity contribution in [1.29, 1.82) is 0 Å². The zero-order valence-electron chi connectivity index (χ0n) is 14.0. The van der Waals surface area contributed by atoms with Gasteiger partial charge in [0.15, 0.2) is 0 Å². The van der Waals surface area contributed by atoms with Gasteiger partial charge >= 0.3 is 17.9 Å². The topological polar surface area (TPSA) is 108 Å². The molecule has 134 valence electrons. The summed E-state index contributed by atoms with van der Waals surface area (Å²) >= 11 is 0. The van der Waals surface area contributed by atoms with E-state index in [0.29, 0.717) is 5.39 Å². The van der Waals surface area contributed by atoms with Gasteiger partial charge in [0.2, 0.25) is 0 Å². The first-order chi connectivity index (χ1) is 12.4. The van der Waals surface area contributed by atoms with Gasteiger partial charge in [-0.2, -0.15) is 0 Å². The van der Waals surface area contributed by atoms with Crippen LogP contribution in [0.3, 0.4) is 0 Å². The molecule has 2 heterocycles. The van der Waals surface area contributed by atoms with Crippen molar-refractivity contribution in [3.8, 4) is 0 Å². The van der Waals surface area contributed by atoms with Crippen LogP contribution in [0.5, 0.6) is 0 Å². The molecule has 8 nitrogen and oxygen atoms in total. The summed E-state index contributed by atoms with van der Waals surface area (Å²) in [7, 11) is 3.49. The Bertz CT molecular complexity index is 1070. The van der Waals surface area contributed by atoms with Crippen LogP contribution in [0.25, 0.3) is 21.8 Å². The average molecular weight is 360 g/mol. The van der Waals surface area contributed by atoms with Crippen molar-refractivity contribution in [2.45, 2.75) is 0 Å². The number of fused-ring (bicyclic) bond motifs is 3. The number of aromatic amines is 1. The number of rotatable bonds is 3. The molecular weight excluding hydrogens is 347 g/mol. The van der Waals surface area contributed by atoms with Crippen molar-refractivity contribution in [1.82, 2.24) is 9.97 Å². The van der Waals surface area contributed by atoms with Crippen molar-refractivity contribution in [2.24, 2.45) is 0 Å². The molecule has 26 heavy (non-hydrogen) atoms. The van der Waals surface area contributed by atoms with Crippen molar-refractivity contribution >= 4 is 39.7 Å². The number of H-pyrrole nitrogens is 1. The minimum Gasteiger partial charge on any atom is -0.465 e. The highest BCUT2D eigenvalue weighted by atomic mass is 19.1. The molecule has 1 N–H and O–H groups in total. The van der Waals surface area contributed by atoms with Gasteiger partial charge in [-0.15, -0.1) is 0 Å². The highest BCUT2D eigenvalue weighted by Gasteiger charge is 2.23. The standard InChI is InChI=1S/C17H13FN2O6/c1-24-15(21)8-6-11(17(23)26-3)20-14-9(18)4-7-5-10(16(22)25-2)19-13(7)12(8)14/h4-6,19H,1-3H3. The molecule has 0 radical (unpaired) electrons. The Kier molecular flexibility index (Phi) is 4.29. The lowest BCUT2D eigenvalue weighted by Crippen LogP contribution is -2.10. The van der Waals surface area contributed by atoms with Crippen LogP contribution in [0, 0.1) is 5.82 Å². The van der Waals surface area contributed by atoms with E-state index < -0.39 is 23.7 Å². The Hall–Kier alpha value is -3.49. The van der Waals surface area contributed by atoms with Gasteiger partial charge in [-0.05, 0) is 18.2 Å². The van der Waals surface area contributed by atoms with Crippen LogP contribution in [0.1, 0.15) is 31.3 Å². The van der Waals surface area contributed by atoms with E-state index in [1.165, 1.54) is 13.2 Å². The van der Waals surface area contributed by atoms with Crippen molar-refractivity contribution in [3.05, 3.63) is 41.0 Å². The largest absolute Gasteiger partial charge is 0.465 e. The second kappa shape index (κ2) is 6.43. The molecule has 0 fully saturated rings. The van der Waals surface area contributed by atoms with Crippen LogP contribution in [-0.4, -0.2) is 49.2 Å². The average Bonchev–Trinajstić information content (AvgIpc) is 3.09. The SMILES string of the molecule is COC(=O)c1cc(C(=O)OC)c2c(n1)c(F)cc1cc(C(=O)OC)[nH]c12. The maximum Gasteiger partial charge on any atom is 0.356 e. The molecule has 0 amide bonds. The van der Waals surface area contributed by atoms with E-state index in [-0.39, 0.29) is 33.4 Å². The second-order valence-corrected chi connectivity index (χ2v) is 5.26. The fourth-order valence-electron chi connectivity index (χ4n) is 2.67. The number of nitrogens with zero attached hydrogens (tertiary/aromatic N) is 1. The summed E-state index contributed by atoms with van der Waals surface area (Å²) in [5, 5.41) is 0.405. The summed E-state index contributed by atoms with van der Waals surface area (Å²) in [6, 6.07) is 3.67. The Balaban J connectivity index is 2.46. The number of methoxy groups -OCH3 is 3. The quantitative estimate of drug-likeness (QED) is 0.563. The number of benzene rings is 1. The third-order valence-electron chi connectivity index (χ3n) is 3.83. The molecule has 3 aromatic rings. The van der Waals surface area contributed by atoms with E-state index in [4.69, 9.17) is 4.74 Å². The van der Waals surface area contributed by atoms with Crippen molar-refractivity contribution in [2.75, 3.05) is 21.3 Å². The monoisotopic (exact) mass is 360 g/mol. The molecule has 0 spiro atoms. The van der Waals surface area contributed by atoms with Gasteiger partial charge in [-0.1, -0.05) is 0 Å². The van der Waals surface area contributed by atoms with Gasteiger partial charge in [-0.3, -0.25) is 0 Å². The Morgan fingerprint density at radius 1 is 0.962 bits per heavy atom. The van der Waals surface area contributed by atoms with E-state index in [1.54, 1.807) is 0 Å². The van der Waals surface area contributed by atoms with Crippen LogP contribution in [0.2, 0.25) is 0 Å². The molecule has 1 aromatic carbocycles. The van der Waals surface area contributed by atoms with E-state index >= 15 is 0 Å². The fourth-order valence-corrected chi connectivity index (χ4v) is 2.67. The zero-order chi connectivity index (χ0) is 19.0. The molecule has 0 atom stereocenters. The van der Waals surface area contributed by atoms with E-state index in [9.17, 15) is 18.8 Å². The third kappa shape index (κ3) is 2.63. The fraction of sp³-hybridized carbons (Fsp3) is 0.176. The van der Waals surface area contributed by atoms with Gasteiger partial charge in [0, 0.05) is 10.8 Å². The molecular formula is C17H13FN2O6. The number of nitrogens with one attached hydrogen (secondary N) is 1. The highest BCUT2D eigenvalue weighted by Crippen LogP contribution is 2.31. The number of carbonyl (C=O) groups is 3. The number of halogens is 1. The minimum atomic E-state index is -0.835. The molecule has 0 aliphatic rings. The zero-order valence-corrected chi connectivity index (χ0v) is 14.0. The summed E-state index contributed by atoms with van der Waals surface area (Å²) in [4.78, 5) is 42.5. The van der Waals surface area contributed by atoms with Crippen LogP contribution >= 0.6 is 0 Å². The summed E-state index contributed by atoms with van der Waals surface area (Å²) in [5.41, 5.74) is -0.230. The van der Waals surface area contributed by atoms with E-state index in [2.05, 4.69) is 19.4 Å². The van der Waals surface area contributed by atoms with Crippen LogP contribution in [-0.2, 0) is 14.2 Å². The first-order valence-corrected chi connectivity index (χ1v) is 7.32. The lowest BCUT2D eigenvalue weighted by Gasteiger charge is -2.09. The number of aromatic nitrogens is 2. The van der Waals surface area contributed by atoms with Gasteiger partial charge < -0.3 is 19.2 Å². The smallest absolute Gasteiger partial charge is 0.356 e. The maximum atomic E-state index is 14.6. The molecule has 9 heteroatoms. The molecule has 0 aliphatic heterocycles. The molecule has 0 bridgehead atoms. The molecule has 0 saturated carbocycles. The van der Waals surface area contributed by atoms with Crippen LogP contribution in [0.4, 0.5) is 4.39 Å². The second-order valence-electron chi connectivity index (χ2n) is 5.26. The minimum absolute atomic E-state index is 0.0715. The van der Waals surface area contributed by atoms with E-state index in [1.807, 2.05) is 0 Å². The van der Waals surface area contributed by atoms with Crippen molar-refractivity contribution in [3.63, 3.8) is 0 Å². The molecule has 2 aromatic heterocycles. The predicted molar refractivity (Wildman–Crippen MR) is 87.6 cm³/mol. The van der Waals surface area contributed by atoms with Gasteiger partial charge in [0.05, 0.1) is 32.4 Å². The maximum absolute atomic E-state index is 14.6. The first-order valence-electron chi connectivity index (χ1n) is 7.32. The Labute approximate surface area is 145 Å². The van der Waals surface area contributed by atoms with Gasteiger partial charge in [0.1, 0.15) is 22.7 Å². The van der Waals surface area contributed by atoms with Crippen LogP contribution < -0.4 is 0 Å². The van der Waals surface area contributed by atoms with Gasteiger partial charge in [0.25, 0.3) is 0 Å². The Morgan fingerprint density at radius 2 is 1.62 bits per heavy atom. The third-order valence-corrected chi connectivity index (χ3v) is 3.83. The first kappa shape index (κ1) is 17.3. The molecule has 3 rings (SSSR count). The normalized spacial score (nSPS) is 10.8. The van der Waals surface area contributed by atoms with Crippen molar-refractivity contribution < 1.29 is 33.0 Å².